The Labute approximate surface area is 98.1 Å². The highest BCUT2D eigenvalue weighted by atomic mass is 16.5. The Kier molecular flexibility index (Phi) is 2.08. The molecule has 0 radical (unpaired) electrons. The van der Waals surface area contributed by atoms with Gasteiger partial charge in [-0.25, -0.2) is 9.97 Å². The molecular weight excluding hydrogens is 214 g/mol. The van der Waals surface area contributed by atoms with Gasteiger partial charge in [0, 0.05) is 6.07 Å². The van der Waals surface area contributed by atoms with Gasteiger partial charge in [-0.3, -0.25) is 0 Å². The Balaban J connectivity index is 2.39. The number of nitrogen functional groups attached to an aromatic ring is 1. The van der Waals surface area contributed by atoms with Crippen molar-refractivity contribution in [1.29, 1.82) is 0 Å². The summed E-state index contributed by atoms with van der Waals surface area (Å²) in [5.41, 5.74) is 9.68. The third-order valence-electron chi connectivity index (χ3n) is 2.70. The van der Waals surface area contributed by atoms with Crippen molar-refractivity contribution in [1.82, 2.24) is 9.97 Å². The number of fused-ring (bicyclic) bond motifs is 2. The molecule has 3 aromatic rings. The fourth-order valence-corrected chi connectivity index (χ4v) is 1.83. The van der Waals surface area contributed by atoms with Gasteiger partial charge in [0.2, 0.25) is 0 Å². The van der Waals surface area contributed by atoms with Gasteiger partial charge < -0.3 is 10.5 Å². The maximum absolute atomic E-state index is 5.88. The molecule has 2 N–H and O–H groups in total. The lowest BCUT2D eigenvalue weighted by atomic mass is 10.2. The molecule has 0 aliphatic heterocycles. The minimum atomic E-state index is 0.646. The normalized spacial score (nSPS) is 10.9. The summed E-state index contributed by atoms with van der Waals surface area (Å²) in [5, 5.41) is 0. The third kappa shape index (κ3) is 1.54. The first-order chi connectivity index (χ1) is 8.28. The van der Waals surface area contributed by atoms with Gasteiger partial charge in [0.05, 0.1) is 29.3 Å². The van der Waals surface area contributed by atoms with E-state index in [1.165, 1.54) is 0 Å². The molecule has 1 aromatic heterocycles. The second-order valence-electron chi connectivity index (χ2n) is 3.79. The van der Waals surface area contributed by atoms with Gasteiger partial charge >= 0.3 is 0 Å². The summed E-state index contributed by atoms with van der Waals surface area (Å²) in [5.74, 6) is 0.773. The average molecular weight is 225 g/mol. The standard InChI is InChI=1S/C13H11N3O/c1-17-8-5-6-10-12(7-8)15-11-4-2-3-9(14)13(11)16-10/h2-7H,14H2,1H3. The topological polar surface area (TPSA) is 61.0 Å². The molecule has 2 aromatic carbocycles. The van der Waals surface area contributed by atoms with Crippen molar-refractivity contribution in [3.63, 3.8) is 0 Å². The predicted octanol–water partition coefficient (Wildman–Crippen LogP) is 2.37. The molecule has 0 atom stereocenters. The molecule has 0 aliphatic rings. The fraction of sp³-hybridized carbons (Fsp3) is 0.0769. The van der Waals surface area contributed by atoms with Crippen molar-refractivity contribution in [2.75, 3.05) is 12.8 Å². The van der Waals surface area contributed by atoms with E-state index in [2.05, 4.69) is 9.97 Å². The van der Waals surface area contributed by atoms with Crippen LogP contribution in [-0.2, 0) is 0 Å². The maximum Gasteiger partial charge on any atom is 0.121 e. The molecule has 0 spiro atoms. The zero-order valence-electron chi connectivity index (χ0n) is 9.34. The van der Waals surface area contributed by atoms with Crippen LogP contribution in [0.3, 0.4) is 0 Å². The zero-order valence-corrected chi connectivity index (χ0v) is 9.34. The van der Waals surface area contributed by atoms with Crippen LogP contribution in [0.15, 0.2) is 36.4 Å². The first-order valence-electron chi connectivity index (χ1n) is 5.28. The largest absolute Gasteiger partial charge is 0.497 e. The lowest BCUT2D eigenvalue weighted by Crippen LogP contribution is -1.93. The Bertz CT molecular complexity index is 709. The Morgan fingerprint density at radius 1 is 1.00 bits per heavy atom. The third-order valence-corrected chi connectivity index (χ3v) is 2.70. The Hall–Kier alpha value is -2.36. The summed E-state index contributed by atoms with van der Waals surface area (Å²) < 4.78 is 5.17. The molecule has 84 valence electrons. The van der Waals surface area contributed by atoms with Crippen LogP contribution in [-0.4, -0.2) is 17.1 Å². The van der Waals surface area contributed by atoms with Crippen LogP contribution in [0.1, 0.15) is 0 Å². The van der Waals surface area contributed by atoms with Gasteiger partial charge in [-0.2, -0.15) is 0 Å². The van der Waals surface area contributed by atoms with E-state index < -0.39 is 0 Å². The number of nitrogens with two attached hydrogens (primary N) is 1. The summed E-state index contributed by atoms with van der Waals surface area (Å²) in [7, 11) is 1.63. The zero-order chi connectivity index (χ0) is 11.8. The summed E-state index contributed by atoms with van der Waals surface area (Å²) in [6, 6.07) is 11.2. The first kappa shape index (κ1) is 9.84. The van der Waals surface area contributed by atoms with Gasteiger partial charge in [-0.1, -0.05) is 6.07 Å². The van der Waals surface area contributed by atoms with Crippen LogP contribution >= 0.6 is 0 Å². The average Bonchev–Trinajstić information content (AvgIpc) is 2.36. The van der Waals surface area contributed by atoms with Gasteiger partial charge in [0.15, 0.2) is 0 Å². The van der Waals surface area contributed by atoms with Crippen LogP contribution in [0.2, 0.25) is 0 Å². The molecule has 0 unspecified atom stereocenters. The molecule has 3 rings (SSSR count). The van der Waals surface area contributed by atoms with Crippen molar-refractivity contribution < 1.29 is 4.74 Å². The molecular formula is C13H11N3O. The molecule has 0 aliphatic carbocycles. The summed E-state index contributed by atoms with van der Waals surface area (Å²) in [6.45, 7) is 0. The number of anilines is 1. The number of hydrogen-bond donors (Lipinski definition) is 1. The Morgan fingerprint density at radius 3 is 2.71 bits per heavy atom. The van der Waals surface area contributed by atoms with Crippen LogP contribution < -0.4 is 10.5 Å². The molecule has 0 saturated heterocycles. The molecule has 0 fully saturated rings. The number of methoxy groups -OCH3 is 1. The highest BCUT2D eigenvalue weighted by Gasteiger charge is 2.04. The molecule has 17 heavy (non-hydrogen) atoms. The van der Waals surface area contributed by atoms with E-state index in [9.17, 15) is 0 Å². The first-order valence-corrected chi connectivity index (χ1v) is 5.28. The maximum atomic E-state index is 5.88. The van der Waals surface area contributed by atoms with E-state index in [1.807, 2.05) is 36.4 Å². The van der Waals surface area contributed by atoms with Crippen molar-refractivity contribution in [3.8, 4) is 5.75 Å². The van der Waals surface area contributed by atoms with Gasteiger partial charge in [-0.15, -0.1) is 0 Å². The van der Waals surface area contributed by atoms with Gasteiger partial charge in [0.1, 0.15) is 11.3 Å². The monoisotopic (exact) mass is 225 g/mol. The lowest BCUT2D eigenvalue weighted by Gasteiger charge is -2.04. The number of aromatic nitrogens is 2. The molecule has 4 nitrogen and oxygen atoms in total. The van der Waals surface area contributed by atoms with E-state index in [4.69, 9.17) is 10.5 Å². The number of hydrogen-bond acceptors (Lipinski definition) is 4. The van der Waals surface area contributed by atoms with Crippen LogP contribution in [0.25, 0.3) is 22.1 Å². The van der Waals surface area contributed by atoms with Crippen molar-refractivity contribution in [3.05, 3.63) is 36.4 Å². The number of para-hydroxylation sites is 1. The minimum absolute atomic E-state index is 0.646. The molecule has 0 bridgehead atoms. The SMILES string of the molecule is COc1ccc2nc3c(N)cccc3nc2c1. The number of ether oxygens (including phenoxy) is 1. The number of nitrogens with zero attached hydrogens (tertiary/aromatic N) is 2. The quantitative estimate of drug-likeness (QED) is 0.510. The second-order valence-corrected chi connectivity index (χ2v) is 3.79. The fourth-order valence-electron chi connectivity index (χ4n) is 1.83. The van der Waals surface area contributed by atoms with E-state index in [-0.39, 0.29) is 0 Å². The van der Waals surface area contributed by atoms with E-state index in [0.717, 1.165) is 27.8 Å². The minimum Gasteiger partial charge on any atom is -0.497 e. The van der Waals surface area contributed by atoms with Crippen LogP contribution in [0.4, 0.5) is 5.69 Å². The van der Waals surface area contributed by atoms with Crippen LogP contribution in [0, 0.1) is 0 Å². The van der Waals surface area contributed by atoms with E-state index in [0.29, 0.717) is 5.69 Å². The number of rotatable bonds is 1. The summed E-state index contributed by atoms with van der Waals surface area (Å²) in [4.78, 5) is 9.03. The highest BCUT2D eigenvalue weighted by Crippen LogP contribution is 2.23. The van der Waals surface area contributed by atoms with E-state index >= 15 is 0 Å². The van der Waals surface area contributed by atoms with Crippen molar-refractivity contribution in [2.24, 2.45) is 0 Å². The van der Waals surface area contributed by atoms with E-state index in [1.54, 1.807) is 7.11 Å². The van der Waals surface area contributed by atoms with Gasteiger partial charge in [0.25, 0.3) is 0 Å². The summed E-state index contributed by atoms with van der Waals surface area (Å²) >= 11 is 0. The van der Waals surface area contributed by atoms with Gasteiger partial charge in [-0.05, 0) is 24.3 Å². The molecule has 0 amide bonds. The van der Waals surface area contributed by atoms with Crippen molar-refractivity contribution in [2.45, 2.75) is 0 Å². The summed E-state index contributed by atoms with van der Waals surface area (Å²) in [6.07, 6.45) is 0. The second kappa shape index (κ2) is 3.59. The predicted molar refractivity (Wildman–Crippen MR) is 68.0 cm³/mol. The molecule has 4 heteroatoms. The van der Waals surface area contributed by atoms with Crippen LogP contribution in [0.5, 0.6) is 5.75 Å². The highest BCUT2D eigenvalue weighted by molar-refractivity contribution is 5.92. The number of benzene rings is 2. The van der Waals surface area contributed by atoms with Crippen molar-refractivity contribution >= 4 is 27.8 Å². The molecule has 0 saturated carbocycles. The molecule has 1 heterocycles. The Morgan fingerprint density at radius 2 is 1.88 bits per heavy atom. The smallest absolute Gasteiger partial charge is 0.121 e. The lowest BCUT2D eigenvalue weighted by molar-refractivity contribution is 0.415.